The molecule has 0 aliphatic heterocycles. The SMILES string of the molecule is [C-]#[N+]c1cc2c3c(ccc4c5c(C#N)cc6c(=O)n7c8cc(F)ccc8nc7c7ccc(c1c43)c5c67)c(=O)n1c3cc(F)ccc3nc21. The summed E-state index contributed by atoms with van der Waals surface area (Å²) in [7, 11) is 0. The highest BCUT2D eigenvalue weighted by atomic mass is 19.1. The topological polar surface area (TPSA) is 96.9 Å². The second kappa shape index (κ2) is 8.02. The third-order valence-electron chi connectivity index (χ3n) is 9.91. The molecule has 11 aromatic rings. The van der Waals surface area contributed by atoms with Gasteiger partial charge in [0.25, 0.3) is 11.1 Å². The number of pyridine rings is 2. The molecule has 0 amide bonds. The lowest BCUT2D eigenvalue weighted by atomic mass is 9.84. The minimum atomic E-state index is -0.503. The Balaban J connectivity index is 1.45. The summed E-state index contributed by atoms with van der Waals surface area (Å²) in [5.74, 6) is -1.01. The normalized spacial score (nSPS) is 12.5. The van der Waals surface area contributed by atoms with Crippen LogP contribution in [0.4, 0.5) is 14.5 Å². The smallest absolute Gasteiger partial charge is 0.264 e. The maximum Gasteiger partial charge on any atom is 0.264 e. The Hall–Kier alpha value is -7.04. The Morgan fingerprint density at radius 2 is 1.15 bits per heavy atom. The number of hydrogen-bond acceptors (Lipinski definition) is 5. The predicted octanol–water partition coefficient (Wildman–Crippen LogP) is 7.94. The van der Waals surface area contributed by atoms with Crippen molar-refractivity contribution >= 4 is 104 Å². The summed E-state index contributed by atoms with van der Waals surface area (Å²) in [6.07, 6.45) is 0. The predicted molar refractivity (Wildman–Crippen MR) is 181 cm³/mol. The summed E-state index contributed by atoms with van der Waals surface area (Å²) in [5, 5.41) is 17.3. The van der Waals surface area contributed by atoms with Crippen molar-refractivity contribution in [2.24, 2.45) is 0 Å². The average molecular weight is 623 g/mol. The number of nitrogens with zero attached hydrogens (tertiary/aromatic N) is 6. The standard InChI is InChI=1S/C38H12F2N6O2/c1-42-26-13-22-31-21(37(47)46-28-12-17(40)3-9-25(28)44-36(22)46)7-5-18-29-15(14-41)10-23-30-20(6-4-19(33(29)30)32(26)34(18)31)35-43-24-8-2-16(39)11-27(24)45(35)38(23)48/h2-13H. The quantitative estimate of drug-likeness (QED) is 0.0972. The molecule has 0 atom stereocenters. The molecule has 0 aliphatic carbocycles. The summed E-state index contributed by atoms with van der Waals surface area (Å²) < 4.78 is 31.4. The van der Waals surface area contributed by atoms with Crippen LogP contribution in [0.1, 0.15) is 5.56 Å². The van der Waals surface area contributed by atoms with Crippen molar-refractivity contribution in [2.45, 2.75) is 0 Å². The van der Waals surface area contributed by atoms with Crippen LogP contribution in [0.25, 0.3) is 103 Å². The van der Waals surface area contributed by atoms with Gasteiger partial charge in [0.2, 0.25) is 0 Å². The van der Waals surface area contributed by atoms with Crippen molar-refractivity contribution < 1.29 is 8.78 Å². The Bertz CT molecular complexity index is 3510. The second-order valence-electron chi connectivity index (χ2n) is 12.1. The van der Waals surface area contributed by atoms with Crippen LogP contribution in [0.15, 0.2) is 82.4 Å². The first kappa shape index (κ1) is 25.2. The Morgan fingerprint density at radius 3 is 1.79 bits per heavy atom. The molecule has 0 spiro atoms. The molecule has 4 aromatic heterocycles. The van der Waals surface area contributed by atoms with Crippen molar-refractivity contribution in [3.8, 4) is 6.07 Å². The molecule has 0 unspecified atom stereocenters. The van der Waals surface area contributed by atoms with Gasteiger partial charge in [-0.25, -0.2) is 23.6 Å². The maximum atomic E-state index is 14.3. The van der Waals surface area contributed by atoms with Crippen LogP contribution in [-0.2, 0) is 0 Å². The first-order valence-electron chi connectivity index (χ1n) is 14.9. The van der Waals surface area contributed by atoms with Crippen LogP contribution >= 0.6 is 0 Å². The molecule has 10 heteroatoms. The van der Waals surface area contributed by atoms with Crippen molar-refractivity contribution in [1.29, 1.82) is 5.26 Å². The monoisotopic (exact) mass is 622 g/mol. The number of halogens is 2. The van der Waals surface area contributed by atoms with Gasteiger partial charge >= 0.3 is 0 Å². The highest BCUT2D eigenvalue weighted by molar-refractivity contribution is 6.43. The number of imidazole rings is 2. The molecule has 0 radical (unpaired) electrons. The zero-order valence-corrected chi connectivity index (χ0v) is 24.2. The minimum absolute atomic E-state index is 0.240. The van der Waals surface area contributed by atoms with E-state index in [-0.39, 0.29) is 16.5 Å². The maximum absolute atomic E-state index is 14.3. The van der Waals surface area contributed by atoms with E-state index in [1.54, 1.807) is 24.3 Å². The van der Waals surface area contributed by atoms with Gasteiger partial charge in [-0.15, -0.1) is 0 Å². The van der Waals surface area contributed by atoms with Gasteiger partial charge in [0, 0.05) is 44.5 Å². The molecule has 11 rings (SSSR count). The van der Waals surface area contributed by atoms with Crippen molar-refractivity contribution in [3.05, 3.63) is 122 Å². The van der Waals surface area contributed by atoms with Gasteiger partial charge in [-0.3, -0.25) is 18.4 Å². The summed E-state index contributed by atoms with van der Waals surface area (Å²) in [6.45, 7) is 8.28. The molecule has 0 bridgehead atoms. The van der Waals surface area contributed by atoms with E-state index < -0.39 is 17.2 Å². The highest BCUT2D eigenvalue weighted by Crippen LogP contribution is 2.49. The fourth-order valence-corrected chi connectivity index (χ4v) is 8.08. The lowest BCUT2D eigenvalue weighted by Crippen LogP contribution is -2.14. The van der Waals surface area contributed by atoms with Gasteiger partial charge < -0.3 is 0 Å². The molecule has 0 saturated carbocycles. The van der Waals surface area contributed by atoms with E-state index in [0.29, 0.717) is 98.3 Å². The fraction of sp³-hybridized carbons (Fsp3) is 0. The van der Waals surface area contributed by atoms with Gasteiger partial charge in [-0.05, 0) is 69.4 Å². The average Bonchev–Trinajstić information content (AvgIpc) is 3.67. The molecule has 220 valence electrons. The molecule has 0 fully saturated rings. The summed E-state index contributed by atoms with van der Waals surface area (Å²) in [6, 6.07) is 20.9. The van der Waals surface area contributed by atoms with Gasteiger partial charge in [0.1, 0.15) is 22.9 Å². The van der Waals surface area contributed by atoms with E-state index >= 15 is 0 Å². The minimum Gasteiger partial charge on any atom is -0.268 e. The van der Waals surface area contributed by atoms with Crippen LogP contribution < -0.4 is 11.1 Å². The van der Waals surface area contributed by atoms with Crippen LogP contribution in [0.2, 0.25) is 0 Å². The first-order chi connectivity index (χ1) is 23.4. The summed E-state index contributed by atoms with van der Waals surface area (Å²) >= 11 is 0. The molecule has 0 N–H and O–H groups in total. The number of aromatic nitrogens is 4. The molecule has 0 aliphatic rings. The number of hydrogen-bond donors (Lipinski definition) is 0. The molecular formula is C38H12F2N6O2. The lowest BCUT2D eigenvalue weighted by Gasteiger charge is -2.20. The van der Waals surface area contributed by atoms with Gasteiger partial charge in [0.15, 0.2) is 5.69 Å². The summed E-state index contributed by atoms with van der Waals surface area (Å²) in [5.41, 5.74) is 1.93. The molecule has 4 heterocycles. The van der Waals surface area contributed by atoms with E-state index in [1.165, 1.54) is 45.2 Å². The number of nitriles is 1. The zero-order chi connectivity index (χ0) is 32.3. The fourth-order valence-electron chi connectivity index (χ4n) is 8.08. The number of rotatable bonds is 0. The lowest BCUT2D eigenvalue weighted by molar-refractivity contribution is 0.629. The largest absolute Gasteiger partial charge is 0.268 e. The van der Waals surface area contributed by atoms with Crippen LogP contribution in [-0.4, -0.2) is 18.8 Å². The first-order valence-corrected chi connectivity index (χ1v) is 14.9. The van der Waals surface area contributed by atoms with Crippen LogP contribution in [0.3, 0.4) is 0 Å². The Kier molecular flexibility index (Phi) is 4.21. The van der Waals surface area contributed by atoms with E-state index in [4.69, 9.17) is 16.5 Å². The third kappa shape index (κ3) is 2.67. The Labute approximate surface area is 264 Å². The van der Waals surface area contributed by atoms with Gasteiger partial charge in [0.05, 0.1) is 45.7 Å². The van der Waals surface area contributed by atoms with Crippen molar-refractivity contribution in [3.63, 3.8) is 0 Å². The van der Waals surface area contributed by atoms with Gasteiger partial charge in [-0.2, -0.15) is 5.26 Å². The number of benzene rings is 7. The molecular weight excluding hydrogens is 610 g/mol. The van der Waals surface area contributed by atoms with E-state index in [0.717, 1.165) is 0 Å². The van der Waals surface area contributed by atoms with E-state index in [1.807, 2.05) is 12.1 Å². The van der Waals surface area contributed by atoms with Crippen LogP contribution in [0.5, 0.6) is 0 Å². The molecule has 8 nitrogen and oxygen atoms in total. The summed E-state index contributed by atoms with van der Waals surface area (Å²) in [4.78, 5) is 41.7. The second-order valence-corrected chi connectivity index (χ2v) is 12.1. The van der Waals surface area contributed by atoms with E-state index in [2.05, 4.69) is 10.9 Å². The molecule has 0 saturated heterocycles. The third-order valence-corrected chi connectivity index (χ3v) is 9.91. The highest BCUT2D eigenvalue weighted by Gasteiger charge is 2.27. The van der Waals surface area contributed by atoms with E-state index in [9.17, 15) is 23.6 Å². The van der Waals surface area contributed by atoms with Gasteiger partial charge in [-0.1, -0.05) is 18.2 Å². The zero-order valence-electron chi connectivity index (χ0n) is 24.2. The Morgan fingerprint density at radius 1 is 0.604 bits per heavy atom. The van der Waals surface area contributed by atoms with Crippen molar-refractivity contribution in [1.82, 2.24) is 18.8 Å². The van der Waals surface area contributed by atoms with Crippen molar-refractivity contribution in [2.75, 3.05) is 0 Å². The number of fused-ring (bicyclic) bond motifs is 10. The van der Waals surface area contributed by atoms with Crippen LogP contribution in [0, 0.1) is 29.5 Å². The molecule has 7 aromatic carbocycles. The molecule has 48 heavy (non-hydrogen) atoms.